The van der Waals surface area contributed by atoms with E-state index in [0.717, 1.165) is 22.2 Å². The fourth-order valence-electron chi connectivity index (χ4n) is 4.03. The van der Waals surface area contributed by atoms with Crippen molar-refractivity contribution in [3.63, 3.8) is 0 Å². The number of aromatic nitrogens is 3. The first-order valence-electron chi connectivity index (χ1n) is 11.0. The lowest BCUT2D eigenvalue weighted by atomic mass is 10.0. The molecule has 0 saturated carbocycles. The average Bonchev–Trinajstić information content (AvgIpc) is 3.30. The summed E-state index contributed by atoms with van der Waals surface area (Å²) in [5.41, 5.74) is 3.88. The van der Waals surface area contributed by atoms with E-state index in [-0.39, 0.29) is 30.2 Å². The molecule has 3 heterocycles. The van der Waals surface area contributed by atoms with Crippen molar-refractivity contribution < 1.29 is 13.7 Å². The van der Waals surface area contributed by atoms with Crippen LogP contribution < -0.4 is 10.9 Å². The van der Waals surface area contributed by atoms with Crippen LogP contribution in [0.4, 0.5) is 4.39 Å². The maximum atomic E-state index is 14.3. The quantitative estimate of drug-likeness (QED) is 0.397. The lowest BCUT2D eigenvalue weighted by molar-refractivity contribution is 0.0946. The van der Waals surface area contributed by atoms with Crippen LogP contribution in [-0.2, 0) is 13.1 Å². The van der Waals surface area contributed by atoms with Gasteiger partial charge in [0.15, 0.2) is 0 Å². The highest BCUT2D eigenvalue weighted by Gasteiger charge is 2.11. The van der Waals surface area contributed by atoms with Crippen molar-refractivity contribution in [2.75, 3.05) is 0 Å². The van der Waals surface area contributed by atoms with Crippen LogP contribution in [0.5, 0.6) is 0 Å². The van der Waals surface area contributed by atoms with Crippen LogP contribution in [0.15, 0.2) is 88.6 Å². The summed E-state index contributed by atoms with van der Waals surface area (Å²) in [4.78, 5) is 29.4. The van der Waals surface area contributed by atoms with Crippen molar-refractivity contribution in [3.05, 3.63) is 118 Å². The molecule has 1 amide bonds. The van der Waals surface area contributed by atoms with Gasteiger partial charge in [0.25, 0.3) is 11.5 Å². The standard InChI is InChI=1S/C27H21FN4O3/c1-17-24(16-35-31-17)20-5-6-23-21(13-20)7-9-32(27(23)34)15-19-10-18(11-22(28)12-19)14-30-26(33)25-4-2-3-8-29-25/h2-13,16H,14-15H2,1H3,(H,30,33). The van der Waals surface area contributed by atoms with Gasteiger partial charge >= 0.3 is 0 Å². The maximum absolute atomic E-state index is 14.3. The molecule has 0 saturated heterocycles. The predicted molar refractivity (Wildman–Crippen MR) is 129 cm³/mol. The number of hydrogen-bond donors (Lipinski definition) is 1. The van der Waals surface area contributed by atoms with Gasteiger partial charge in [-0.05, 0) is 71.5 Å². The Kier molecular flexibility index (Phi) is 5.93. The highest BCUT2D eigenvalue weighted by atomic mass is 19.1. The zero-order valence-electron chi connectivity index (χ0n) is 18.9. The molecule has 5 rings (SSSR count). The summed E-state index contributed by atoms with van der Waals surface area (Å²) in [5, 5.41) is 8.00. The highest BCUT2D eigenvalue weighted by molar-refractivity contribution is 5.92. The van der Waals surface area contributed by atoms with Gasteiger partial charge in [0, 0.05) is 29.9 Å². The Bertz CT molecular complexity index is 1590. The number of aryl methyl sites for hydroxylation is 1. The Morgan fingerprint density at radius 3 is 2.71 bits per heavy atom. The Morgan fingerprint density at radius 1 is 1.09 bits per heavy atom. The van der Waals surface area contributed by atoms with E-state index < -0.39 is 5.82 Å². The van der Waals surface area contributed by atoms with E-state index >= 15 is 0 Å². The van der Waals surface area contributed by atoms with Crippen LogP contribution in [-0.4, -0.2) is 20.6 Å². The zero-order chi connectivity index (χ0) is 24.4. The molecule has 0 unspecified atom stereocenters. The number of fused-ring (bicyclic) bond motifs is 1. The number of rotatable bonds is 6. The van der Waals surface area contributed by atoms with Gasteiger partial charge in [-0.1, -0.05) is 23.4 Å². The summed E-state index contributed by atoms with van der Waals surface area (Å²) in [6.45, 7) is 2.19. The normalized spacial score (nSPS) is 11.0. The molecule has 35 heavy (non-hydrogen) atoms. The van der Waals surface area contributed by atoms with Crippen molar-refractivity contribution in [1.82, 2.24) is 20.0 Å². The summed E-state index contributed by atoms with van der Waals surface area (Å²) in [7, 11) is 0. The number of nitrogens with one attached hydrogen (secondary N) is 1. The minimum atomic E-state index is -0.438. The number of benzene rings is 2. The lowest BCUT2D eigenvalue weighted by Gasteiger charge is -2.11. The molecule has 0 spiro atoms. The first kappa shape index (κ1) is 22.2. The first-order chi connectivity index (χ1) is 17.0. The third kappa shape index (κ3) is 4.72. The second-order valence-corrected chi connectivity index (χ2v) is 8.23. The number of carbonyl (C=O) groups excluding carboxylic acids is 1. The SMILES string of the molecule is Cc1nocc1-c1ccc2c(=O)n(Cc3cc(F)cc(CNC(=O)c4ccccn4)c3)ccc2c1. The topological polar surface area (TPSA) is 90.0 Å². The number of halogens is 1. The second-order valence-electron chi connectivity index (χ2n) is 8.23. The number of pyridine rings is 2. The molecule has 0 fully saturated rings. The van der Waals surface area contributed by atoms with Gasteiger partial charge in [-0.3, -0.25) is 14.6 Å². The van der Waals surface area contributed by atoms with E-state index in [9.17, 15) is 14.0 Å². The molecule has 174 valence electrons. The minimum absolute atomic E-state index is 0.137. The van der Waals surface area contributed by atoms with Crippen LogP contribution >= 0.6 is 0 Å². The van der Waals surface area contributed by atoms with Crippen LogP contribution in [0.2, 0.25) is 0 Å². The first-order valence-corrected chi connectivity index (χ1v) is 11.0. The predicted octanol–water partition coefficient (Wildman–Crippen LogP) is 4.48. The zero-order valence-corrected chi connectivity index (χ0v) is 18.9. The number of amides is 1. The molecule has 5 aromatic rings. The molecule has 7 nitrogen and oxygen atoms in total. The minimum Gasteiger partial charge on any atom is -0.364 e. The van der Waals surface area contributed by atoms with Crippen LogP contribution in [0.1, 0.15) is 27.3 Å². The van der Waals surface area contributed by atoms with Crippen LogP contribution in [0.3, 0.4) is 0 Å². The van der Waals surface area contributed by atoms with Crippen LogP contribution in [0.25, 0.3) is 21.9 Å². The van der Waals surface area contributed by atoms with Crippen LogP contribution in [0, 0.1) is 12.7 Å². The summed E-state index contributed by atoms with van der Waals surface area (Å²) >= 11 is 0. The third-order valence-corrected chi connectivity index (χ3v) is 5.76. The van der Waals surface area contributed by atoms with E-state index in [1.54, 1.807) is 42.8 Å². The molecule has 0 bridgehead atoms. The highest BCUT2D eigenvalue weighted by Crippen LogP contribution is 2.25. The number of carbonyl (C=O) groups is 1. The van der Waals surface area contributed by atoms with Gasteiger partial charge in [-0.15, -0.1) is 0 Å². The molecule has 0 aliphatic carbocycles. The number of nitrogens with zero attached hydrogens (tertiary/aromatic N) is 3. The van der Waals surface area contributed by atoms with Gasteiger partial charge < -0.3 is 14.4 Å². The van der Waals surface area contributed by atoms with E-state index in [2.05, 4.69) is 15.5 Å². The molecular formula is C27H21FN4O3. The van der Waals surface area contributed by atoms with Crippen molar-refractivity contribution in [1.29, 1.82) is 0 Å². The molecule has 1 N–H and O–H groups in total. The molecule has 0 radical (unpaired) electrons. The molecule has 0 aliphatic rings. The van der Waals surface area contributed by atoms with Gasteiger partial charge in [0.1, 0.15) is 17.8 Å². The third-order valence-electron chi connectivity index (χ3n) is 5.76. The molecular weight excluding hydrogens is 447 g/mol. The molecule has 2 aromatic carbocycles. The smallest absolute Gasteiger partial charge is 0.270 e. The second kappa shape index (κ2) is 9.34. The van der Waals surface area contributed by atoms with E-state index in [4.69, 9.17) is 4.52 Å². The Morgan fingerprint density at radius 2 is 1.94 bits per heavy atom. The maximum Gasteiger partial charge on any atom is 0.270 e. The van der Waals surface area contributed by atoms with Gasteiger partial charge in [0.2, 0.25) is 0 Å². The Balaban J connectivity index is 1.37. The van der Waals surface area contributed by atoms with Crippen molar-refractivity contribution >= 4 is 16.7 Å². The lowest BCUT2D eigenvalue weighted by Crippen LogP contribution is -2.24. The molecule has 0 atom stereocenters. The van der Waals surface area contributed by atoms with E-state index in [0.29, 0.717) is 16.5 Å². The van der Waals surface area contributed by atoms with Crippen molar-refractivity contribution in [3.8, 4) is 11.1 Å². The molecule has 3 aromatic heterocycles. The average molecular weight is 468 g/mol. The van der Waals surface area contributed by atoms with Gasteiger partial charge in [-0.25, -0.2) is 4.39 Å². The van der Waals surface area contributed by atoms with Gasteiger partial charge in [-0.2, -0.15) is 0 Å². The van der Waals surface area contributed by atoms with Crippen molar-refractivity contribution in [2.24, 2.45) is 0 Å². The number of hydrogen-bond acceptors (Lipinski definition) is 5. The van der Waals surface area contributed by atoms with Gasteiger partial charge in [0.05, 0.1) is 12.2 Å². The summed E-state index contributed by atoms with van der Waals surface area (Å²) in [6.07, 6.45) is 4.81. The Hall–Kier alpha value is -4.59. The van der Waals surface area contributed by atoms with E-state index in [1.165, 1.54) is 22.9 Å². The fourth-order valence-corrected chi connectivity index (χ4v) is 4.03. The largest absolute Gasteiger partial charge is 0.364 e. The van der Waals surface area contributed by atoms with Crippen molar-refractivity contribution in [2.45, 2.75) is 20.0 Å². The summed E-state index contributed by atoms with van der Waals surface area (Å²) < 4.78 is 20.9. The Labute approximate surface area is 199 Å². The molecule has 8 heteroatoms. The summed E-state index contributed by atoms with van der Waals surface area (Å²) in [6, 6.07) is 17.0. The summed E-state index contributed by atoms with van der Waals surface area (Å²) in [5.74, 6) is -0.782. The fraction of sp³-hybridized carbons (Fsp3) is 0.111. The van der Waals surface area contributed by atoms with E-state index in [1.807, 2.05) is 25.1 Å². The monoisotopic (exact) mass is 468 g/mol. The molecule has 0 aliphatic heterocycles.